The second kappa shape index (κ2) is 9.35. The molecule has 0 saturated carbocycles. The zero-order valence-corrected chi connectivity index (χ0v) is 17.0. The highest BCUT2D eigenvalue weighted by atomic mass is 16.7. The Morgan fingerprint density at radius 3 is 2.29 bits per heavy atom. The smallest absolute Gasteiger partial charge is 0.239 e. The molecule has 6 nitrogen and oxygen atoms in total. The number of carbonyl (C=O) groups is 1. The van der Waals surface area contributed by atoms with Crippen molar-refractivity contribution in [2.24, 2.45) is 5.92 Å². The van der Waals surface area contributed by atoms with Crippen LogP contribution in [0, 0.1) is 5.92 Å². The third kappa shape index (κ3) is 4.74. The average molecular weight is 388 g/mol. The molecule has 1 aromatic carbocycles. The van der Waals surface area contributed by atoms with Crippen molar-refractivity contribution in [3.8, 4) is 0 Å². The number of piperidine rings is 1. The number of likely N-dealkylation sites (tertiary alicyclic amines) is 1. The maximum atomic E-state index is 13.0. The first kappa shape index (κ1) is 19.8. The van der Waals surface area contributed by atoms with Crippen LogP contribution in [0.3, 0.4) is 0 Å². The van der Waals surface area contributed by atoms with Crippen LogP contribution in [0.5, 0.6) is 0 Å². The topological polar surface area (TPSA) is 45.3 Å². The van der Waals surface area contributed by atoms with Crippen molar-refractivity contribution in [2.45, 2.75) is 38.6 Å². The first-order valence-corrected chi connectivity index (χ1v) is 10.7. The van der Waals surface area contributed by atoms with Crippen LogP contribution in [0.4, 0.5) is 0 Å². The molecule has 3 aliphatic rings. The molecule has 3 saturated heterocycles. The lowest BCUT2D eigenvalue weighted by Crippen LogP contribution is -2.55. The zero-order valence-electron chi connectivity index (χ0n) is 17.0. The minimum atomic E-state index is -0.0351. The van der Waals surface area contributed by atoms with Gasteiger partial charge in [-0.15, -0.1) is 0 Å². The number of carbonyl (C=O) groups excluding carboxylic acids is 1. The van der Waals surface area contributed by atoms with Gasteiger partial charge in [0.25, 0.3) is 0 Å². The van der Waals surface area contributed by atoms with Crippen LogP contribution in [0.15, 0.2) is 30.3 Å². The van der Waals surface area contributed by atoms with Crippen molar-refractivity contribution in [3.05, 3.63) is 35.9 Å². The van der Waals surface area contributed by atoms with Gasteiger partial charge in [0.15, 0.2) is 6.29 Å². The molecule has 1 aromatic rings. The summed E-state index contributed by atoms with van der Waals surface area (Å²) in [5.74, 6) is 0.758. The number of amides is 1. The number of ether oxygens (including phenoxy) is 2. The molecule has 0 N–H and O–H groups in total. The van der Waals surface area contributed by atoms with Crippen LogP contribution in [0.1, 0.15) is 25.3 Å². The van der Waals surface area contributed by atoms with Crippen molar-refractivity contribution in [2.75, 3.05) is 52.5 Å². The molecule has 3 aliphatic heterocycles. The molecule has 1 unspecified atom stereocenters. The van der Waals surface area contributed by atoms with E-state index in [-0.39, 0.29) is 18.2 Å². The molecule has 28 heavy (non-hydrogen) atoms. The molecule has 154 valence electrons. The number of piperazine rings is 1. The van der Waals surface area contributed by atoms with Crippen LogP contribution >= 0.6 is 0 Å². The van der Waals surface area contributed by atoms with Gasteiger partial charge in [0, 0.05) is 38.6 Å². The van der Waals surface area contributed by atoms with Gasteiger partial charge in [-0.1, -0.05) is 30.3 Å². The lowest BCUT2D eigenvalue weighted by atomic mass is 9.95. The number of hydrogen-bond acceptors (Lipinski definition) is 5. The standard InChI is InChI=1S/C22H33N3O3/c1-18(24-9-7-20(8-10-24)22-27-15-16-28-22)21(26)25-13-11-23(12-14-25)17-19-5-3-2-4-6-19/h2-6,18,20,22H,7-17H2,1H3. The highest BCUT2D eigenvalue weighted by Crippen LogP contribution is 2.27. The molecule has 0 aliphatic carbocycles. The highest BCUT2D eigenvalue weighted by molar-refractivity contribution is 5.81. The Kier molecular flexibility index (Phi) is 6.62. The van der Waals surface area contributed by atoms with Gasteiger partial charge in [-0.05, 0) is 38.4 Å². The number of hydrogen-bond donors (Lipinski definition) is 0. The summed E-state index contributed by atoms with van der Waals surface area (Å²) in [5.41, 5.74) is 1.34. The van der Waals surface area contributed by atoms with Crippen molar-refractivity contribution < 1.29 is 14.3 Å². The van der Waals surface area contributed by atoms with Gasteiger partial charge in [0.1, 0.15) is 0 Å². The van der Waals surface area contributed by atoms with Gasteiger partial charge >= 0.3 is 0 Å². The number of benzene rings is 1. The van der Waals surface area contributed by atoms with Crippen molar-refractivity contribution >= 4 is 5.91 Å². The van der Waals surface area contributed by atoms with Crippen LogP contribution in [-0.2, 0) is 20.8 Å². The van der Waals surface area contributed by atoms with E-state index in [9.17, 15) is 4.79 Å². The molecule has 0 radical (unpaired) electrons. The molecule has 6 heteroatoms. The van der Waals surface area contributed by atoms with Gasteiger partial charge in [-0.3, -0.25) is 14.6 Å². The molecule has 0 bridgehead atoms. The SMILES string of the molecule is CC(C(=O)N1CCN(Cc2ccccc2)CC1)N1CCC(C2OCCO2)CC1. The van der Waals surface area contributed by atoms with Gasteiger partial charge in [-0.2, -0.15) is 0 Å². The van der Waals surface area contributed by atoms with E-state index in [1.807, 2.05) is 0 Å². The van der Waals surface area contributed by atoms with Crippen LogP contribution in [0.2, 0.25) is 0 Å². The third-order valence-electron chi connectivity index (χ3n) is 6.44. The lowest BCUT2D eigenvalue weighted by molar-refractivity contribution is -0.140. The van der Waals surface area contributed by atoms with Crippen molar-refractivity contribution in [1.29, 1.82) is 0 Å². The first-order valence-electron chi connectivity index (χ1n) is 10.7. The van der Waals surface area contributed by atoms with Crippen LogP contribution < -0.4 is 0 Å². The van der Waals surface area contributed by atoms with Crippen molar-refractivity contribution in [1.82, 2.24) is 14.7 Å². The predicted molar refractivity (Wildman–Crippen MR) is 108 cm³/mol. The Balaban J connectivity index is 1.21. The lowest BCUT2D eigenvalue weighted by Gasteiger charge is -2.40. The Hall–Kier alpha value is -1.47. The van der Waals surface area contributed by atoms with E-state index in [1.54, 1.807) is 0 Å². The zero-order chi connectivity index (χ0) is 19.3. The molecule has 1 atom stereocenters. The molecule has 0 spiro atoms. The molecule has 4 rings (SSSR count). The fourth-order valence-electron chi connectivity index (χ4n) is 4.62. The van der Waals surface area contributed by atoms with Gasteiger partial charge < -0.3 is 14.4 Å². The second-order valence-electron chi connectivity index (χ2n) is 8.25. The summed E-state index contributed by atoms with van der Waals surface area (Å²) in [4.78, 5) is 19.9. The average Bonchev–Trinajstić information content (AvgIpc) is 3.29. The molecular weight excluding hydrogens is 354 g/mol. The van der Waals surface area contributed by atoms with E-state index in [4.69, 9.17) is 9.47 Å². The minimum absolute atomic E-state index is 0.0224. The number of nitrogens with zero attached hydrogens (tertiary/aromatic N) is 3. The van der Waals surface area contributed by atoms with E-state index in [0.29, 0.717) is 5.92 Å². The quantitative estimate of drug-likeness (QED) is 0.771. The first-order chi connectivity index (χ1) is 13.7. The Bertz CT molecular complexity index is 619. The Labute approximate surface area is 168 Å². The van der Waals surface area contributed by atoms with Crippen LogP contribution in [0.25, 0.3) is 0 Å². The maximum Gasteiger partial charge on any atom is 0.239 e. The normalized spacial score (nSPS) is 24.5. The highest BCUT2D eigenvalue weighted by Gasteiger charge is 2.34. The van der Waals surface area contributed by atoms with E-state index in [0.717, 1.165) is 71.9 Å². The summed E-state index contributed by atoms with van der Waals surface area (Å²) < 4.78 is 11.3. The van der Waals surface area contributed by atoms with Crippen molar-refractivity contribution in [3.63, 3.8) is 0 Å². The summed E-state index contributed by atoms with van der Waals surface area (Å²) in [6.07, 6.45) is 2.08. The van der Waals surface area contributed by atoms with E-state index in [2.05, 4.69) is 52.0 Å². The molecular formula is C22H33N3O3. The summed E-state index contributed by atoms with van der Waals surface area (Å²) in [6, 6.07) is 10.5. The second-order valence-corrected chi connectivity index (χ2v) is 8.25. The summed E-state index contributed by atoms with van der Waals surface area (Å²) in [7, 11) is 0. The third-order valence-corrected chi connectivity index (χ3v) is 6.44. The molecule has 1 amide bonds. The van der Waals surface area contributed by atoms with Gasteiger partial charge in [-0.25, -0.2) is 0 Å². The summed E-state index contributed by atoms with van der Waals surface area (Å²) in [5, 5.41) is 0. The fourth-order valence-corrected chi connectivity index (χ4v) is 4.62. The largest absolute Gasteiger partial charge is 0.350 e. The predicted octanol–water partition coefficient (Wildman–Crippen LogP) is 1.80. The van der Waals surface area contributed by atoms with E-state index in [1.165, 1.54) is 5.56 Å². The van der Waals surface area contributed by atoms with E-state index >= 15 is 0 Å². The minimum Gasteiger partial charge on any atom is -0.350 e. The maximum absolute atomic E-state index is 13.0. The van der Waals surface area contributed by atoms with Gasteiger partial charge in [0.05, 0.1) is 19.3 Å². The summed E-state index contributed by atoms with van der Waals surface area (Å²) in [6.45, 7) is 9.94. The number of rotatable bonds is 5. The van der Waals surface area contributed by atoms with Gasteiger partial charge in [0.2, 0.25) is 5.91 Å². The monoisotopic (exact) mass is 387 g/mol. The Morgan fingerprint density at radius 1 is 1.00 bits per heavy atom. The van der Waals surface area contributed by atoms with E-state index < -0.39 is 0 Å². The molecule has 3 heterocycles. The molecule has 0 aromatic heterocycles. The molecule has 3 fully saturated rings. The fraction of sp³-hybridized carbons (Fsp3) is 0.682. The summed E-state index contributed by atoms with van der Waals surface area (Å²) >= 11 is 0. The Morgan fingerprint density at radius 2 is 1.64 bits per heavy atom. The van der Waals surface area contributed by atoms with Crippen LogP contribution in [-0.4, -0.2) is 85.4 Å².